The highest BCUT2D eigenvalue weighted by molar-refractivity contribution is 6.91. The van der Waals surface area contributed by atoms with Gasteiger partial charge in [0.2, 0.25) is 0 Å². The van der Waals surface area contributed by atoms with Crippen molar-refractivity contribution in [2.45, 2.75) is 116 Å². The Balaban J connectivity index is 1.79. The van der Waals surface area contributed by atoms with Crippen molar-refractivity contribution in [1.82, 2.24) is 19.9 Å². The molecule has 3 heterocycles. The summed E-state index contributed by atoms with van der Waals surface area (Å²) < 4.78 is 0. The number of aromatic nitrogens is 4. The summed E-state index contributed by atoms with van der Waals surface area (Å²) in [6.45, 7) is 28.2. The van der Waals surface area contributed by atoms with Crippen molar-refractivity contribution >= 4 is 72.3 Å². The Morgan fingerprint density at radius 2 is 0.780 bits per heavy atom. The van der Waals surface area contributed by atoms with Crippen molar-refractivity contribution < 1.29 is 0 Å². The van der Waals surface area contributed by atoms with Crippen molar-refractivity contribution in [3.63, 3.8) is 0 Å². The predicted octanol–water partition coefficient (Wildman–Crippen LogP) is 11.7. The molecule has 1 aliphatic heterocycles. The van der Waals surface area contributed by atoms with Crippen molar-refractivity contribution in [3.8, 4) is 22.9 Å². The quantitative estimate of drug-likeness (QED) is 0.103. The molecule has 0 saturated carbocycles. The second-order valence-corrected chi connectivity index (χ2v) is 27.0. The van der Waals surface area contributed by atoms with E-state index in [2.05, 4.69) is 141 Å². The van der Waals surface area contributed by atoms with Crippen LogP contribution in [0.25, 0.3) is 33.4 Å². The Morgan fingerprint density at radius 3 is 1.10 bits per heavy atom. The predicted molar refractivity (Wildman–Crippen MR) is 219 cm³/mol. The molecule has 0 atom stereocenters. The Kier molecular flexibility index (Phi) is 9.58. The van der Waals surface area contributed by atoms with E-state index in [4.69, 9.17) is 19.9 Å². The maximum absolute atomic E-state index is 5.29. The summed E-state index contributed by atoms with van der Waals surface area (Å²) in [6, 6.07) is 16.2. The van der Waals surface area contributed by atoms with Crippen LogP contribution in [0.5, 0.6) is 0 Å². The maximum Gasteiger partial charge on any atom is 0.199 e. The van der Waals surface area contributed by atoms with Crippen LogP contribution in [-0.4, -0.2) is 36.1 Å². The van der Waals surface area contributed by atoms with Gasteiger partial charge in [0.15, 0.2) is 11.3 Å². The minimum Gasteiger partial charge on any atom is -0.351 e. The van der Waals surface area contributed by atoms with E-state index in [0.717, 1.165) is 55.9 Å². The van der Waals surface area contributed by atoms with E-state index in [-0.39, 0.29) is 0 Å². The lowest BCUT2D eigenvalue weighted by Crippen LogP contribution is -2.43. The van der Waals surface area contributed by atoms with Gasteiger partial charge in [-0.1, -0.05) is 119 Å². The Hall–Kier alpha value is -4.25. The van der Waals surface area contributed by atoms with Gasteiger partial charge < -0.3 is 10.6 Å². The van der Waals surface area contributed by atoms with E-state index in [9.17, 15) is 0 Å². The van der Waals surface area contributed by atoms with Crippen LogP contribution in [0, 0.1) is 22.9 Å². The average molecular weight is 697 g/mol. The molecule has 258 valence electrons. The number of para-hydroxylation sites is 4. The van der Waals surface area contributed by atoms with Gasteiger partial charge in [0.05, 0.1) is 44.9 Å². The minimum absolute atomic E-state index is 0.486. The number of fused-ring (bicyclic) bond motifs is 5. The van der Waals surface area contributed by atoms with Crippen molar-refractivity contribution in [1.29, 1.82) is 0 Å². The normalized spacial score (nSPS) is 13.1. The third-order valence-electron chi connectivity index (χ3n) is 11.4. The van der Waals surface area contributed by atoms with Gasteiger partial charge in [0.1, 0.15) is 27.2 Å². The zero-order chi connectivity index (χ0) is 36.1. The molecule has 0 aliphatic carbocycles. The molecule has 1 aliphatic rings. The largest absolute Gasteiger partial charge is 0.351 e. The SMILES string of the molecule is CC(C)[Si](C#Cc1c2c(c(C#C[Si](C(C)C)(C(C)C)C(C)C)c3nc4nc5ccccc5nc4nc13)Nc1ccccc1N2)(C(C)C)C(C)C. The lowest BCUT2D eigenvalue weighted by molar-refractivity contribution is 0.838. The summed E-state index contributed by atoms with van der Waals surface area (Å²) in [6.07, 6.45) is 0. The highest BCUT2D eigenvalue weighted by Gasteiger charge is 2.43. The van der Waals surface area contributed by atoms with Crippen molar-refractivity contribution in [2.75, 3.05) is 10.6 Å². The van der Waals surface area contributed by atoms with Gasteiger partial charge in [-0.25, -0.2) is 19.9 Å². The van der Waals surface area contributed by atoms with Gasteiger partial charge in [0, 0.05) is 0 Å². The zero-order valence-corrected chi connectivity index (χ0v) is 33.9. The van der Waals surface area contributed by atoms with Gasteiger partial charge in [-0.2, -0.15) is 0 Å². The van der Waals surface area contributed by atoms with Crippen LogP contribution in [0.4, 0.5) is 22.7 Å². The molecule has 50 heavy (non-hydrogen) atoms. The smallest absolute Gasteiger partial charge is 0.199 e. The molecule has 0 unspecified atom stereocenters. The van der Waals surface area contributed by atoms with Gasteiger partial charge in [-0.3, -0.25) is 0 Å². The second-order valence-electron chi connectivity index (χ2n) is 15.9. The summed E-state index contributed by atoms with van der Waals surface area (Å²) in [5, 5.41) is 7.60. The van der Waals surface area contributed by atoms with E-state index in [1.54, 1.807) is 0 Å². The van der Waals surface area contributed by atoms with Gasteiger partial charge in [0.25, 0.3) is 0 Å². The van der Waals surface area contributed by atoms with E-state index in [0.29, 0.717) is 44.5 Å². The summed E-state index contributed by atoms with van der Waals surface area (Å²) in [7, 11) is -4.21. The lowest BCUT2D eigenvalue weighted by Gasteiger charge is -2.38. The minimum atomic E-state index is -2.10. The first-order valence-electron chi connectivity index (χ1n) is 18.4. The van der Waals surface area contributed by atoms with E-state index in [1.807, 2.05) is 24.3 Å². The van der Waals surface area contributed by atoms with Crippen LogP contribution in [0.2, 0.25) is 33.2 Å². The average Bonchev–Trinajstić information content (AvgIpc) is 3.05. The molecule has 8 heteroatoms. The highest BCUT2D eigenvalue weighted by Crippen LogP contribution is 2.47. The number of anilines is 4. The van der Waals surface area contributed by atoms with Crippen LogP contribution in [0.15, 0.2) is 48.5 Å². The molecule has 0 fully saturated rings. The summed E-state index contributed by atoms with van der Waals surface area (Å²) in [4.78, 5) is 20.5. The molecule has 3 aromatic carbocycles. The fourth-order valence-corrected chi connectivity index (χ4v) is 19.4. The van der Waals surface area contributed by atoms with Gasteiger partial charge in [-0.05, 0) is 57.5 Å². The molecule has 0 amide bonds. The van der Waals surface area contributed by atoms with Crippen LogP contribution < -0.4 is 10.6 Å². The number of nitrogens with one attached hydrogen (secondary N) is 2. The first kappa shape index (κ1) is 35.6. The third-order valence-corrected chi connectivity index (χ3v) is 24.0. The molecule has 2 N–H and O–H groups in total. The van der Waals surface area contributed by atoms with Crippen LogP contribution in [0.3, 0.4) is 0 Å². The Morgan fingerprint density at radius 1 is 0.460 bits per heavy atom. The Bertz CT molecular complexity index is 2030. The molecule has 6 nitrogen and oxygen atoms in total. The van der Waals surface area contributed by atoms with E-state index < -0.39 is 16.1 Å². The van der Waals surface area contributed by atoms with E-state index in [1.165, 1.54) is 0 Å². The maximum atomic E-state index is 5.29. The summed E-state index contributed by atoms with van der Waals surface area (Å²) in [5.41, 5.74) is 20.4. The standard InChI is InChI=1S/C42H52N6Si2/c1-25(2)49(26(3)4,27(5)6)23-21-31-37-38(44-34-18-14-13-17-33(34)43-37)32(22-24-50(28(7)8,29(9)10)30(11)12)40-39(31)47-41-42(48-40)46-36-20-16-15-19-35(36)45-41/h13-20,25-30,43-44H,1-12H3. The molecule has 5 aromatic rings. The molecule has 6 rings (SSSR count). The van der Waals surface area contributed by atoms with Crippen LogP contribution in [-0.2, 0) is 0 Å². The zero-order valence-electron chi connectivity index (χ0n) is 31.9. The van der Waals surface area contributed by atoms with Crippen LogP contribution >= 0.6 is 0 Å². The molecule has 0 saturated heterocycles. The number of nitrogens with zero attached hydrogens (tertiary/aromatic N) is 4. The molecular formula is C42H52N6Si2. The molecule has 0 bridgehead atoms. The summed E-state index contributed by atoms with van der Waals surface area (Å²) >= 11 is 0. The first-order chi connectivity index (χ1) is 23.7. The van der Waals surface area contributed by atoms with E-state index >= 15 is 0 Å². The number of benzene rings is 3. The fourth-order valence-electron chi connectivity index (χ4n) is 8.96. The fraction of sp³-hybridized carbons (Fsp3) is 0.429. The topological polar surface area (TPSA) is 75.6 Å². The Labute approximate surface area is 300 Å². The van der Waals surface area contributed by atoms with Crippen molar-refractivity contribution in [2.24, 2.45) is 0 Å². The van der Waals surface area contributed by atoms with Gasteiger partial charge >= 0.3 is 0 Å². The van der Waals surface area contributed by atoms with Crippen molar-refractivity contribution in [3.05, 3.63) is 59.7 Å². The summed E-state index contributed by atoms with van der Waals surface area (Å²) in [5.74, 6) is 7.61. The number of hydrogen-bond donors (Lipinski definition) is 2. The highest BCUT2D eigenvalue weighted by atomic mass is 28.3. The first-order valence-corrected chi connectivity index (χ1v) is 22.8. The number of rotatable bonds is 6. The number of hydrogen-bond acceptors (Lipinski definition) is 6. The van der Waals surface area contributed by atoms with Crippen LogP contribution in [0.1, 0.15) is 94.2 Å². The molecular weight excluding hydrogens is 645 g/mol. The monoisotopic (exact) mass is 696 g/mol. The second kappa shape index (κ2) is 13.5. The molecule has 2 aromatic heterocycles. The molecule has 0 spiro atoms. The lowest BCUT2D eigenvalue weighted by atomic mass is 10.00. The molecule has 0 radical (unpaired) electrons. The third kappa shape index (κ3) is 5.77. The van der Waals surface area contributed by atoms with Gasteiger partial charge in [-0.15, -0.1) is 11.1 Å².